The Morgan fingerprint density at radius 2 is 2.24 bits per heavy atom. The molecule has 1 aliphatic heterocycles. The number of oxime groups is 1. The molecule has 116 valence electrons. The van der Waals surface area contributed by atoms with Crippen LogP contribution in [0.2, 0.25) is 0 Å². The standard InChI is InChI=1S/C14H21BrN4O2/c1-18(2)7-10-5-11(20)8-19(10)9-3-4-12(13(15)6-9)14(16)17-21/h3-4,6,10-11,20-21H,5,7-8H2,1-2H3,(H2,16,17). The number of aliphatic hydroxyl groups excluding tert-OH is 1. The summed E-state index contributed by atoms with van der Waals surface area (Å²) in [7, 11) is 4.06. The number of aliphatic hydroxyl groups is 1. The predicted octanol–water partition coefficient (Wildman–Crippen LogP) is 1.04. The topological polar surface area (TPSA) is 85.3 Å². The third-order valence-electron chi connectivity index (χ3n) is 3.64. The van der Waals surface area contributed by atoms with Gasteiger partial charge in [0, 0.05) is 34.9 Å². The van der Waals surface area contributed by atoms with Gasteiger partial charge in [0.05, 0.1) is 6.10 Å². The van der Waals surface area contributed by atoms with Crippen LogP contribution in [0.4, 0.5) is 5.69 Å². The number of hydrogen-bond donors (Lipinski definition) is 3. The summed E-state index contributed by atoms with van der Waals surface area (Å²) in [6, 6.07) is 5.95. The van der Waals surface area contributed by atoms with Crippen LogP contribution in [0.3, 0.4) is 0 Å². The summed E-state index contributed by atoms with van der Waals surface area (Å²) in [5, 5.41) is 21.7. The van der Waals surface area contributed by atoms with E-state index >= 15 is 0 Å². The molecule has 4 N–H and O–H groups in total. The molecule has 1 aromatic carbocycles. The van der Waals surface area contributed by atoms with Crippen LogP contribution in [0, 0.1) is 0 Å². The zero-order valence-corrected chi connectivity index (χ0v) is 13.8. The lowest BCUT2D eigenvalue weighted by atomic mass is 10.1. The second kappa shape index (κ2) is 6.64. The van der Waals surface area contributed by atoms with E-state index < -0.39 is 0 Å². The molecule has 2 atom stereocenters. The lowest BCUT2D eigenvalue weighted by Gasteiger charge is -2.29. The zero-order chi connectivity index (χ0) is 15.6. The molecule has 2 unspecified atom stereocenters. The smallest absolute Gasteiger partial charge is 0.171 e. The second-order valence-corrected chi connectivity index (χ2v) is 6.46. The summed E-state index contributed by atoms with van der Waals surface area (Å²) >= 11 is 3.45. The van der Waals surface area contributed by atoms with Gasteiger partial charge in [0.25, 0.3) is 0 Å². The molecule has 0 aliphatic carbocycles. The van der Waals surface area contributed by atoms with E-state index in [1.807, 2.05) is 32.3 Å². The van der Waals surface area contributed by atoms with E-state index in [4.69, 9.17) is 10.9 Å². The number of nitrogens with zero attached hydrogens (tertiary/aromatic N) is 3. The van der Waals surface area contributed by atoms with Gasteiger partial charge in [-0.25, -0.2) is 0 Å². The minimum absolute atomic E-state index is 0.0692. The number of likely N-dealkylation sites (N-methyl/N-ethyl adjacent to an activating group) is 1. The lowest BCUT2D eigenvalue weighted by molar-refractivity contribution is 0.191. The summed E-state index contributed by atoms with van der Waals surface area (Å²) in [6.45, 7) is 1.50. The van der Waals surface area contributed by atoms with Gasteiger partial charge in [-0.2, -0.15) is 0 Å². The van der Waals surface area contributed by atoms with Gasteiger partial charge in [-0.05, 0) is 54.6 Å². The summed E-state index contributed by atoms with van der Waals surface area (Å²) in [6.07, 6.45) is 0.454. The fraction of sp³-hybridized carbons (Fsp3) is 0.500. The maximum absolute atomic E-state index is 9.95. The van der Waals surface area contributed by atoms with Crippen molar-refractivity contribution in [3.05, 3.63) is 28.2 Å². The average molecular weight is 357 g/mol. The lowest BCUT2D eigenvalue weighted by Crippen LogP contribution is -2.37. The number of amidine groups is 1. The monoisotopic (exact) mass is 356 g/mol. The number of nitrogens with two attached hydrogens (primary N) is 1. The molecule has 1 aliphatic rings. The number of β-amino-alcohol motifs (C(OH)–C–C–N with tert-alkyl or cyclic N) is 1. The van der Waals surface area contributed by atoms with Crippen molar-refractivity contribution in [1.29, 1.82) is 0 Å². The van der Waals surface area contributed by atoms with Crippen molar-refractivity contribution in [2.45, 2.75) is 18.6 Å². The molecular formula is C14H21BrN4O2. The van der Waals surface area contributed by atoms with Gasteiger partial charge in [0.2, 0.25) is 0 Å². The Hall–Kier alpha value is -1.31. The molecule has 1 fully saturated rings. The summed E-state index contributed by atoms with van der Waals surface area (Å²) < 4.78 is 0.764. The normalized spacial score (nSPS) is 23.1. The molecule has 0 radical (unpaired) electrons. The van der Waals surface area contributed by atoms with Crippen LogP contribution in [0.1, 0.15) is 12.0 Å². The number of hydrogen-bond acceptors (Lipinski definition) is 5. The van der Waals surface area contributed by atoms with Crippen molar-refractivity contribution in [3.63, 3.8) is 0 Å². The van der Waals surface area contributed by atoms with Crippen molar-refractivity contribution in [2.24, 2.45) is 10.9 Å². The van der Waals surface area contributed by atoms with Crippen molar-refractivity contribution in [3.8, 4) is 0 Å². The Bertz CT molecular complexity index is 536. The molecular weight excluding hydrogens is 336 g/mol. The molecule has 1 aromatic rings. The highest BCUT2D eigenvalue weighted by molar-refractivity contribution is 9.10. The molecule has 0 saturated carbocycles. The maximum Gasteiger partial charge on any atom is 0.171 e. The summed E-state index contributed by atoms with van der Waals surface area (Å²) in [5.41, 5.74) is 7.28. The van der Waals surface area contributed by atoms with Gasteiger partial charge in [0.15, 0.2) is 5.84 Å². The number of halogens is 1. The molecule has 0 aromatic heterocycles. The van der Waals surface area contributed by atoms with E-state index in [1.165, 1.54) is 0 Å². The van der Waals surface area contributed by atoms with Crippen LogP contribution in [0.15, 0.2) is 27.8 Å². The molecule has 21 heavy (non-hydrogen) atoms. The number of anilines is 1. The third kappa shape index (κ3) is 3.66. The van der Waals surface area contributed by atoms with Gasteiger partial charge in [0.1, 0.15) is 0 Å². The van der Waals surface area contributed by atoms with Gasteiger partial charge >= 0.3 is 0 Å². The molecule has 0 amide bonds. The van der Waals surface area contributed by atoms with E-state index in [9.17, 15) is 5.11 Å². The van der Waals surface area contributed by atoms with E-state index in [0.717, 1.165) is 23.1 Å². The van der Waals surface area contributed by atoms with E-state index in [2.05, 4.69) is 30.9 Å². The molecule has 1 saturated heterocycles. The summed E-state index contributed by atoms with van der Waals surface area (Å²) in [4.78, 5) is 4.32. The SMILES string of the molecule is CN(C)CC1CC(O)CN1c1ccc(/C(N)=N/O)c(Br)c1. The Morgan fingerprint density at radius 1 is 1.52 bits per heavy atom. The Labute approximate surface area is 133 Å². The van der Waals surface area contributed by atoms with Crippen LogP contribution < -0.4 is 10.6 Å². The predicted molar refractivity (Wildman–Crippen MR) is 87.0 cm³/mol. The van der Waals surface area contributed by atoms with Crippen LogP contribution in [-0.2, 0) is 0 Å². The molecule has 0 spiro atoms. The quantitative estimate of drug-likeness (QED) is 0.325. The molecule has 2 rings (SSSR count). The number of rotatable bonds is 4. The molecule has 0 bridgehead atoms. The first-order valence-electron chi connectivity index (χ1n) is 6.79. The van der Waals surface area contributed by atoms with E-state index in [1.54, 1.807) is 0 Å². The van der Waals surface area contributed by atoms with Crippen molar-refractivity contribution in [1.82, 2.24) is 4.90 Å². The number of benzene rings is 1. The van der Waals surface area contributed by atoms with Crippen molar-refractivity contribution in [2.75, 3.05) is 32.1 Å². The van der Waals surface area contributed by atoms with Crippen LogP contribution in [0.25, 0.3) is 0 Å². The largest absolute Gasteiger partial charge is 0.409 e. The highest BCUT2D eigenvalue weighted by Gasteiger charge is 2.31. The first-order valence-corrected chi connectivity index (χ1v) is 7.58. The van der Waals surface area contributed by atoms with Gasteiger partial charge in [-0.3, -0.25) is 0 Å². The van der Waals surface area contributed by atoms with E-state index in [-0.39, 0.29) is 18.0 Å². The highest BCUT2D eigenvalue weighted by atomic mass is 79.9. The zero-order valence-electron chi connectivity index (χ0n) is 12.2. The van der Waals surface area contributed by atoms with Crippen molar-refractivity contribution >= 4 is 27.5 Å². The third-order valence-corrected chi connectivity index (χ3v) is 4.29. The Balaban J connectivity index is 2.26. The van der Waals surface area contributed by atoms with Gasteiger partial charge < -0.3 is 25.8 Å². The Morgan fingerprint density at radius 3 is 2.81 bits per heavy atom. The molecule has 1 heterocycles. The van der Waals surface area contributed by atoms with E-state index in [0.29, 0.717) is 12.1 Å². The minimum atomic E-state index is -0.308. The van der Waals surface area contributed by atoms with Crippen LogP contribution >= 0.6 is 15.9 Å². The second-order valence-electron chi connectivity index (χ2n) is 5.61. The van der Waals surface area contributed by atoms with Crippen LogP contribution in [-0.4, -0.2) is 60.4 Å². The minimum Gasteiger partial charge on any atom is -0.409 e. The average Bonchev–Trinajstić information content (AvgIpc) is 2.77. The van der Waals surface area contributed by atoms with Crippen LogP contribution in [0.5, 0.6) is 0 Å². The first kappa shape index (κ1) is 16.1. The molecule has 7 heteroatoms. The summed E-state index contributed by atoms with van der Waals surface area (Å²) in [5.74, 6) is 0.0692. The van der Waals surface area contributed by atoms with Crippen molar-refractivity contribution < 1.29 is 10.3 Å². The first-order chi connectivity index (χ1) is 9.92. The molecule has 6 nitrogen and oxygen atoms in total. The fourth-order valence-electron chi connectivity index (χ4n) is 2.75. The maximum atomic E-state index is 9.95. The Kier molecular flexibility index (Phi) is 5.08. The highest BCUT2D eigenvalue weighted by Crippen LogP contribution is 2.30. The van der Waals surface area contributed by atoms with Gasteiger partial charge in [-0.15, -0.1) is 0 Å². The van der Waals surface area contributed by atoms with Gasteiger partial charge in [-0.1, -0.05) is 5.16 Å². The fourth-order valence-corrected chi connectivity index (χ4v) is 3.32.